The molecule has 0 spiro atoms. The van der Waals surface area contributed by atoms with Crippen molar-refractivity contribution in [3.63, 3.8) is 0 Å². The molecule has 1 aliphatic rings. The number of benzene rings is 2. The Bertz CT molecular complexity index is 1290. The maximum Gasteiger partial charge on any atom is 0.264 e. The van der Waals surface area contributed by atoms with Crippen LogP contribution in [0.1, 0.15) is 11.3 Å². The zero-order chi connectivity index (χ0) is 21.3. The monoisotopic (exact) mass is 438 g/mol. The van der Waals surface area contributed by atoms with Gasteiger partial charge < -0.3 is 9.88 Å². The number of sulfonamides is 1. The fourth-order valence-corrected chi connectivity index (χ4v) is 4.29. The first kappa shape index (κ1) is 20.1. The molecule has 9 heteroatoms. The van der Waals surface area contributed by atoms with E-state index < -0.39 is 10.0 Å². The molecular formula is C21H18N4O3S2. The number of para-hydroxylation sites is 1. The third-order valence-corrected chi connectivity index (χ3v) is 6.33. The van der Waals surface area contributed by atoms with Gasteiger partial charge in [0.15, 0.2) is 5.17 Å². The molecule has 1 aliphatic heterocycles. The zero-order valence-electron chi connectivity index (χ0n) is 15.9. The van der Waals surface area contributed by atoms with Gasteiger partial charge in [0.05, 0.1) is 15.5 Å². The van der Waals surface area contributed by atoms with E-state index >= 15 is 0 Å². The number of nitrogens with zero attached hydrogens (tertiary/aromatic N) is 2. The van der Waals surface area contributed by atoms with Crippen molar-refractivity contribution in [1.82, 2.24) is 9.88 Å². The van der Waals surface area contributed by atoms with E-state index in [4.69, 9.17) is 5.14 Å². The molecule has 1 fully saturated rings. The number of aromatic nitrogens is 1. The van der Waals surface area contributed by atoms with Gasteiger partial charge in [0, 0.05) is 17.6 Å². The van der Waals surface area contributed by atoms with Crippen LogP contribution in [0.15, 0.2) is 81.7 Å². The Morgan fingerprint density at radius 2 is 1.80 bits per heavy atom. The SMILES string of the molecule is Cc1ccccc1N=C1NC(=O)C(=Cc2cccn2-c2ccc(S(N)(=O)=O)cc2)S1. The molecular weight excluding hydrogens is 420 g/mol. The molecule has 0 atom stereocenters. The van der Waals surface area contributed by atoms with Gasteiger partial charge in [0.25, 0.3) is 5.91 Å². The lowest BCUT2D eigenvalue weighted by Gasteiger charge is -2.07. The predicted molar refractivity (Wildman–Crippen MR) is 119 cm³/mol. The molecule has 0 radical (unpaired) electrons. The van der Waals surface area contributed by atoms with Gasteiger partial charge >= 0.3 is 0 Å². The lowest BCUT2D eigenvalue weighted by atomic mass is 10.2. The minimum Gasteiger partial charge on any atom is -0.317 e. The van der Waals surface area contributed by atoms with Crippen LogP contribution in [0.2, 0.25) is 0 Å². The van der Waals surface area contributed by atoms with Crippen molar-refractivity contribution in [2.75, 3.05) is 0 Å². The highest BCUT2D eigenvalue weighted by Crippen LogP contribution is 2.29. The quantitative estimate of drug-likeness (QED) is 0.609. The summed E-state index contributed by atoms with van der Waals surface area (Å²) in [5, 5.41) is 8.47. The molecule has 1 saturated heterocycles. The van der Waals surface area contributed by atoms with Gasteiger partial charge in [-0.05, 0) is 72.8 Å². The Labute approximate surface area is 178 Å². The van der Waals surface area contributed by atoms with Gasteiger partial charge in [0.2, 0.25) is 10.0 Å². The summed E-state index contributed by atoms with van der Waals surface area (Å²) < 4.78 is 24.8. The second-order valence-electron chi connectivity index (χ2n) is 6.61. The molecule has 0 saturated carbocycles. The highest BCUT2D eigenvalue weighted by atomic mass is 32.2. The van der Waals surface area contributed by atoms with Gasteiger partial charge in [-0.15, -0.1) is 0 Å². The normalized spacial score (nSPS) is 16.9. The van der Waals surface area contributed by atoms with Crippen LogP contribution in [0.3, 0.4) is 0 Å². The van der Waals surface area contributed by atoms with Crippen molar-refractivity contribution >= 4 is 44.6 Å². The molecule has 30 heavy (non-hydrogen) atoms. The van der Waals surface area contributed by atoms with Gasteiger partial charge in [-0.25, -0.2) is 18.5 Å². The lowest BCUT2D eigenvalue weighted by Crippen LogP contribution is -2.19. The number of thioether (sulfide) groups is 1. The van der Waals surface area contributed by atoms with E-state index in [1.54, 1.807) is 18.2 Å². The molecule has 0 bridgehead atoms. The number of nitrogens with two attached hydrogens (primary N) is 1. The topological polar surface area (TPSA) is 107 Å². The van der Waals surface area contributed by atoms with Crippen molar-refractivity contribution in [2.24, 2.45) is 10.1 Å². The van der Waals surface area contributed by atoms with Crippen LogP contribution in [-0.4, -0.2) is 24.1 Å². The van der Waals surface area contributed by atoms with Crippen LogP contribution in [-0.2, 0) is 14.8 Å². The lowest BCUT2D eigenvalue weighted by molar-refractivity contribution is -0.115. The number of hydrogen-bond donors (Lipinski definition) is 2. The fraction of sp³-hybridized carbons (Fsp3) is 0.0476. The van der Waals surface area contributed by atoms with Crippen LogP contribution in [0.4, 0.5) is 5.69 Å². The second-order valence-corrected chi connectivity index (χ2v) is 9.20. The van der Waals surface area contributed by atoms with Crippen LogP contribution in [0, 0.1) is 6.92 Å². The minimum atomic E-state index is -3.75. The second kappa shape index (κ2) is 7.94. The van der Waals surface area contributed by atoms with E-state index in [1.165, 1.54) is 23.9 Å². The smallest absolute Gasteiger partial charge is 0.264 e. The van der Waals surface area contributed by atoms with Crippen LogP contribution < -0.4 is 10.5 Å². The number of amides is 1. The van der Waals surface area contributed by atoms with E-state index in [0.717, 1.165) is 22.6 Å². The number of rotatable bonds is 4. The van der Waals surface area contributed by atoms with Crippen molar-refractivity contribution in [2.45, 2.75) is 11.8 Å². The van der Waals surface area contributed by atoms with Crippen molar-refractivity contribution in [3.05, 3.63) is 83.0 Å². The van der Waals surface area contributed by atoms with Crippen LogP contribution in [0.5, 0.6) is 0 Å². The third-order valence-electron chi connectivity index (χ3n) is 4.49. The minimum absolute atomic E-state index is 0.0427. The molecule has 3 N–H and O–H groups in total. The number of nitrogens with one attached hydrogen (secondary N) is 1. The average Bonchev–Trinajstić information content (AvgIpc) is 3.30. The third kappa shape index (κ3) is 4.23. The fourth-order valence-electron chi connectivity index (χ4n) is 2.96. The summed E-state index contributed by atoms with van der Waals surface area (Å²) in [5.74, 6) is -0.218. The highest BCUT2D eigenvalue weighted by molar-refractivity contribution is 8.18. The number of carbonyl (C=O) groups excluding carboxylic acids is 1. The number of aryl methyl sites for hydroxylation is 1. The first-order valence-corrected chi connectivity index (χ1v) is 11.3. The van der Waals surface area contributed by atoms with Crippen LogP contribution in [0.25, 0.3) is 11.8 Å². The molecule has 4 rings (SSSR count). The van der Waals surface area contributed by atoms with Gasteiger partial charge in [-0.3, -0.25) is 4.79 Å². The number of amidine groups is 1. The summed E-state index contributed by atoms with van der Waals surface area (Å²) in [5.41, 5.74) is 3.35. The number of carbonyl (C=O) groups is 1. The molecule has 7 nitrogen and oxygen atoms in total. The van der Waals surface area contributed by atoms with E-state index in [0.29, 0.717) is 10.1 Å². The number of primary sulfonamides is 1. The van der Waals surface area contributed by atoms with E-state index in [9.17, 15) is 13.2 Å². The first-order chi connectivity index (χ1) is 14.3. The van der Waals surface area contributed by atoms with Crippen molar-refractivity contribution in [3.8, 4) is 5.69 Å². The molecule has 152 valence electrons. The van der Waals surface area contributed by atoms with Crippen molar-refractivity contribution < 1.29 is 13.2 Å². The first-order valence-electron chi connectivity index (χ1n) is 8.97. The largest absolute Gasteiger partial charge is 0.317 e. The molecule has 1 aromatic heterocycles. The van der Waals surface area contributed by atoms with Gasteiger partial charge in [0.1, 0.15) is 0 Å². The Morgan fingerprint density at radius 3 is 2.50 bits per heavy atom. The summed E-state index contributed by atoms with van der Waals surface area (Å²) in [6, 6.07) is 17.6. The predicted octanol–water partition coefficient (Wildman–Crippen LogP) is 3.32. The number of aliphatic imine (C=N–C) groups is 1. The Morgan fingerprint density at radius 1 is 1.07 bits per heavy atom. The van der Waals surface area contributed by atoms with Crippen LogP contribution >= 0.6 is 11.8 Å². The van der Waals surface area contributed by atoms with E-state index in [2.05, 4.69) is 10.3 Å². The number of hydrogen-bond acceptors (Lipinski definition) is 5. The summed E-state index contributed by atoms with van der Waals surface area (Å²) in [7, 11) is -3.75. The molecule has 1 amide bonds. The molecule has 0 aliphatic carbocycles. The summed E-state index contributed by atoms with van der Waals surface area (Å²) in [4.78, 5) is 17.5. The zero-order valence-corrected chi connectivity index (χ0v) is 17.6. The summed E-state index contributed by atoms with van der Waals surface area (Å²) >= 11 is 1.27. The molecule has 0 unspecified atom stereocenters. The summed E-state index contributed by atoms with van der Waals surface area (Å²) in [6.07, 6.45) is 3.60. The Balaban J connectivity index is 1.62. The van der Waals surface area contributed by atoms with Gasteiger partial charge in [-0.1, -0.05) is 18.2 Å². The van der Waals surface area contributed by atoms with Crippen molar-refractivity contribution in [1.29, 1.82) is 0 Å². The van der Waals surface area contributed by atoms with E-state index in [-0.39, 0.29) is 10.8 Å². The maximum absolute atomic E-state index is 12.4. The molecule has 2 heterocycles. The standard InChI is InChI=1S/C21H18N4O3S2/c1-14-5-2-3-7-18(14)23-21-24-20(26)19(29-21)13-16-6-4-12-25(16)15-8-10-17(11-9-15)30(22,27)28/h2-13H,1H3,(H2,22,27,28)(H,23,24,26). The maximum atomic E-state index is 12.4. The Kier molecular flexibility index (Phi) is 5.33. The summed E-state index contributed by atoms with van der Waals surface area (Å²) in [6.45, 7) is 1.96. The van der Waals surface area contributed by atoms with E-state index in [1.807, 2.05) is 54.1 Å². The van der Waals surface area contributed by atoms with Gasteiger partial charge in [-0.2, -0.15) is 0 Å². The Hall–Kier alpha value is -3.14. The average molecular weight is 439 g/mol. The highest BCUT2D eigenvalue weighted by Gasteiger charge is 2.24. The molecule has 3 aromatic rings. The molecule has 2 aromatic carbocycles.